The lowest BCUT2D eigenvalue weighted by Crippen LogP contribution is -2.38. The van der Waals surface area contributed by atoms with Gasteiger partial charge in [0.25, 0.3) is 5.91 Å². The molecule has 0 bridgehead atoms. The molecule has 5 nitrogen and oxygen atoms in total. The molecule has 0 radical (unpaired) electrons. The standard InChI is InChI=1S/C20H15NO4/c22-16-8-11(6-13-3-1-2-4-15(13)16)5-12-7-14-10-18(24)21-20(25)19(14)17(23)9-12/h1-8,22-23H,9-10H2,(H,21,24,25). The average Bonchev–Trinajstić information content (AvgIpc) is 2.53. The molecule has 2 amide bonds. The van der Waals surface area contributed by atoms with Crippen molar-refractivity contribution in [3.05, 3.63) is 70.5 Å². The number of fused-ring (bicyclic) bond motifs is 2. The van der Waals surface area contributed by atoms with E-state index in [9.17, 15) is 19.8 Å². The second-order valence-electron chi connectivity index (χ2n) is 6.20. The van der Waals surface area contributed by atoms with Crippen molar-refractivity contribution < 1.29 is 19.8 Å². The van der Waals surface area contributed by atoms with Crippen LogP contribution < -0.4 is 5.32 Å². The van der Waals surface area contributed by atoms with Crippen LogP contribution in [-0.4, -0.2) is 22.0 Å². The minimum absolute atomic E-state index is 0.0428. The van der Waals surface area contributed by atoms with Crippen molar-refractivity contribution in [1.29, 1.82) is 0 Å². The Bertz CT molecular complexity index is 1030. The van der Waals surface area contributed by atoms with Crippen molar-refractivity contribution in [2.45, 2.75) is 12.8 Å². The van der Waals surface area contributed by atoms with E-state index in [0.717, 1.165) is 21.9 Å². The Labute approximate surface area is 143 Å². The number of aliphatic hydroxyl groups is 1. The monoisotopic (exact) mass is 333 g/mol. The van der Waals surface area contributed by atoms with Crippen LogP contribution in [0, 0.1) is 0 Å². The van der Waals surface area contributed by atoms with Gasteiger partial charge in [-0.2, -0.15) is 0 Å². The summed E-state index contributed by atoms with van der Waals surface area (Å²) in [6.07, 6.45) is 3.86. The molecule has 0 saturated carbocycles. The maximum absolute atomic E-state index is 11.9. The Morgan fingerprint density at radius 3 is 2.68 bits per heavy atom. The predicted octanol–water partition coefficient (Wildman–Crippen LogP) is 3.12. The van der Waals surface area contributed by atoms with E-state index in [0.29, 0.717) is 5.57 Å². The Morgan fingerprint density at radius 1 is 1.04 bits per heavy atom. The molecule has 2 aromatic carbocycles. The number of hydrogen-bond acceptors (Lipinski definition) is 4. The number of aromatic hydroxyl groups is 1. The molecule has 1 saturated heterocycles. The van der Waals surface area contributed by atoms with Crippen LogP contribution in [0.5, 0.6) is 5.75 Å². The summed E-state index contributed by atoms with van der Waals surface area (Å²) in [6.45, 7) is 0. The number of amides is 2. The maximum atomic E-state index is 11.9. The molecule has 1 aliphatic heterocycles. The molecule has 0 unspecified atom stereocenters. The number of carbonyl (C=O) groups is 2. The van der Waals surface area contributed by atoms with Crippen LogP contribution in [0.15, 0.2) is 65.0 Å². The Morgan fingerprint density at radius 2 is 1.84 bits per heavy atom. The molecule has 25 heavy (non-hydrogen) atoms. The highest BCUT2D eigenvalue weighted by Gasteiger charge is 2.31. The number of phenolic OH excluding ortho intramolecular Hbond substituents is 1. The first kappa shape index (κ1) is 15.2. The fourth-order valence-corrected chi connectivity index (χ4v) is 3.34. The van der Waals surface area contributed by atoms with Gasteiger partial charge in [0, 0.05) is 11.8 Å². The van der Waals surface area contributed by atoms with E-state index in [4.69, 9.17) is 0 Å². The molecular formula is C20H15NO4. The quantitative estimate of drug-likeness (QED) is 0.700. The van der Waals surface area contributed by atoms with Crippen LogP contribution in [0.4, 0.5) is 0 Å². The molecule has 0 aromatic heterocycles. The molecule has 3 N–H and O–H groups in total. The lowest BCUT2D eigenvalue weighted by molar-refractivity contribution is -0.129. The highest BCUT2D eigenvalue weighted by molar-refractivity contribution is 6.12. The van der Waals surface area contributed by atoms with Crippen LogP contribution in [-0.2, 0) is 9.59 Å². The van der Waals surface area contributed by atoms with E-state index in [-0.39, 0.29) is 35.8 Å². The summed E-state index contributed by atoms with van der Waals surface area (Å²) in [4.78, 5) is 23.4. The normalized spacial score (nSPS) is 19.0. The van der Waals surface area contributed by atoms with Gasteiger partial charge >= 0.3 is 0 Å². The van der Waals surface area contributed by atoms with Crippen molar-refractivity contribution >= 4 is 28.7 Å². The number of rotatable bonds is 1. The summed E-state index contributed by atoms with van der Waals surface area (Å²) in [5.41, 5.74) is 2.27. The van der Waals surface area contributed by atoms with Crippen molar-refractivity contribution in [2.24, 2.45) is 0 Å². The molecule has 1 aliphatic carbocycles. The zero-order valence-corrected chi connectivity index (χ0v) is 13.2. The van der Waals surface area contributed by atoms with Crippen LogP contribution in [0.3, 0.4) is 0 Å². The second kappa shape index (κ2) is 5.63. The van der Waals surface area contributed by atoms with E-state index >= 15 is 0 Å². The predicted molar refractivity (Wildman–Crippen MR) is 93.7 cm³/mol. The number of benzene rings is 2. The van der Waals surface area contributed by atoms with E-state index in [1.54, 1.807) is 12.1 Å². The van der Waals surface area contributed by atoms with Gasteiger partial charge in [-0.25, -0.2) is 0 Å². The number of allylic oxidation sites excluding steroid dienone is 2. The summed E-state index contributed by atoms with van der Waals surface area (Å²) in [7, 11) is 0. The second-order valence-corrected chi connectivity index (χ2v) is 6.20. The third-order valence-corrected chi connectivity index (χ3v) is 4.39. The van der Waals surface area contributed by atoms with Gasteiger partial charge < -0.3 is 10.2 Å². The summed E-state index contributed by atoms with van der Waals surface area (Å²) < 4.78 is 0. The number of carbonyl (C=O) groups excluding carboxylic acids is 2. The van der Waals surface area contributed by atoms with Gasteiger partial charge in [0.1, 0.15) is 11.5 Å². The summed E-state index contributed by atoms with van der Waals surface area (Å²) in [5.74, 6) is -0.792. The molecule has 2 aliphatic rings. The molecular weight excluding hydrogens is 318 g/mol. The number of aliphatic hydroxyl groups excluding tert-OH is 1. The largest absolute Gasteiger partial charge is 0.511 e. The van der Waals surface area contributed by atoms with E-state index in [1.807, 2.05) is 36.4 Å². The van der Waals surface area contributed by atoms with Gasteiger partial charge in [0.15, 0.2) is 0 Å². The summed E-state index contributed by atoms with van der Waals surface area (Å²) in [5, 5.41) is 24.3. The van der Waals surface area contributed by atoms with Gasteiger partial charge in [-0.05, 0) is 34.2 Å². The van der Waals surface area contributed by atoms with E-state index < -0.39 is 5.91 Å². The zero-order chi connectivity index (χ0) is 17.6. The molecule has 1 heterocycles. The van der Waals surface area contributed by atoms with Crippen LogP contribution in [0.25, 0.3) is 16.8 Å². The van der Waals surface area contributed by atoms with Gasteiger partial charge in [-0.1, -0.05) is 36.4 Å². The number of hydrogen-bond donors (Lipinski definition) is 3. The third-order valence-electron chi connectivity index (χ3n) is 4.39. The Kier molecular flexibility index (Phi) is 3.42. The first-order chi connectivity index (χ1) is 12.0. The molecule has 5 heteroatoms. The Hall–Kier alpha value is -3.34. The van der Waals surface area contributed by atoms with Gasteiger partial charge in [0.2, 0.25) is 5.91 Å². The van der Waals surface area contributed by atoms with E-state index in [2.05, 4.69) is 5.32 Å². The molecule has 0 spiro atoms. The van der Waals surface area contributed by atoms with E-state index in [1.165, 1.54) is 0 Å². The number of imide groups is 1. The fourth-order valence-electron chi connectivity index (χ4n) is 3.34. The first-order valence-corrected chi connectivity index (χ1v) is 7.91. The van der Waals surface area contributed by atoms with Crippen molar-refractivity contribution in [2.75, 3.05) is 0 Å². The zero-order valence-electron chi connectivity index (χ0n) is 13.2. The van der Waals surface area contributed by atoms with Crippen molar-refractivity contribution in [3.8, 4) is 5.75 Å². The van der Waals surface area contributed by atoms with Gasteiger partial charge in [-0.3, -0.25) is 14.9 Å². The number of phenols is 1. The number of piperidine rings is 1. The maximum Gasteiger partial charge on any atom is 0.261 e. The topological polar surface area (TPSA) is 86.6 Å². The highest BCUT2D eigenvalue weighted by atomic mass is 16.3. The lowest BCUT2D eigenvalue weighted by atomic mass is 9.87. The molecule has 2 aromatic rings. The minimum Gasteiger partial charge on any atom is -0.511 e. The lowest BCUT2D eigenvalue weighted by Gasteiger charge is -2.23. The van der Waals surface area contributed by atoms with Crippen LogP contribution >= 0.6 is 0 Å². The SMILES string of the molecule is O=C1CC2=CC(=Cc3cc(O)c4ccccc4c3)CC(O)=C2C(=O)N1. The van der Waals surface area contributed by atoms with Gasteiger partial charge in [-0.15, -0.1) is 0 Å². The fraction of sp³-hybridized carbons (Fsp3) is 0.100. The Balaban J connectivity index is 1.76. The summed E-state index contributed by atoms with van der Waals surface area (Å²) >= 11 is 0. The first-order valence-electron chi connectivity index (χ1n) is 7.91. The molecule has 124 valence electrons. The number of nitrogens with one attached hydrogen (secondary N) is 1. The van der Waals surface area contributed by atoms with Crippen LogP contribution in [0.1, 0.15) is 18.4 Å². The van der Waals surface area contributed by atoms with Crippen molar-refractivity contribution in [3.63, 3.8) is 0 Å². The third kappa shape index (κ3) is 2.70. The molecule has 0 atom stereocenters. The van der Waals surface area contributed by atoms with Crippen molar-refractivity contribution in [1.82, 2.24) is 5.32 Å². The molecule has 1 fully saturated rings. The minimum atomic E-state index is -0.553. The molecule has 4 rings (SSSR count). The highest BCUT2D eigenvalue weighted by Crippen LogP contribution is 2.33. The summed E-state index contributed by atoms with van der Waals surface area (Å²) in [6, 6.07) is 11.1. The smallest absolute Gasteiger partial charge is 0.261 e. The van der Waals surface area contributed by atoms with Crippen LogP contribution in [0.2, 0.25) is 0 Å². The van der Waals surface area contributed by atoms with Gasteiger partial charge in [0.05, 0.1) is 12.0 Å². The average molecular weight is 333 g/mol.